The normalized spacial score (nSPS) is 11.9. The largest absolute Gasteiger partial charge is 0.394 e. The van der Waals surface area contributed by atoms with Crippen LogP contribution in [0.2, 0.25) is 5.28 Å². The first kappa shape index (κ1) is 14.2. The van der Waals surface area contributed by atoms with Crippen LogP contribution in [0, 0.1) is 10.1 Å². The molecule has 0 amide bonds. The van der Waals surface area contributed by atoms with Crippen LogP contribution in [0.1, 0.15) is 11.6 Å². The van der Waals surface area contributed by atoms with Crippen LogP contribution < -0.4 is 5.32 Å². The Kier molecular flexibility index (Phi) is 4.44. The molecule has 1 heterocycles. The second kappa shape index (κ2) is 6.27. The number of nitrogens with zero attached hydrogens (tertiary/aromatic N) is 3. The fourth-order valence-corrected chi connectivity index (χ4v) is 1.81. The van der Waals surface area contributed by atoms with Crippen molar-refractivity contribution in [2.75, 3.05) is 11.9 Å². The number of aliphatic hydroxyl groups is 1. The van der Waals surface area contributed by atoms with E-state index in [0.717, 1.165) is 11.8 Å². The minimum Gasteiger partial charge on any atom is -0.394 e. The summed E-state index contributed by atoms with van der Waals surface area (Å²) in [6.07, 6.45) is 1.02. The van der Waals surface area contributed by atoms with Crippen molar-refractivity contribution in [3.8, 4) is 0 Å². The third-order valence-corrected chi connectivity index (χ3v) is 2.81. The monoisotopic (exact) mass is 294 g/mol. The molecular formula is C12H11ClN4O3. The molecule has 1 aromatic heterocycles. The van der Waals surface area contributed by atoms with Crippen molar-refractivity contribution in [2.24, 2.45) is 0 Å². The summed E-state index contributed by atoms with van der Waals surface area (Å²) in [4.78, 5) is 17.7. The van der Waals surface area contributed by atoms with E-state index >= 15 is 0 Å². The predicted octanol–water partition coefficient (Wildman–Crippen LogP) is 2.18. The van der Waals surface area contributed by atoms with Gasteiger partial charge in [-0.3, -0.25) is 10.1 Å². The summed E-state index contributed by atoms with van der Waals surface area (Å²) < 4.78 is 0. The van der Waals surface area contributed by atoms with E-state index < -0.39 is 11.0 Å². The van der Waals surface area contributed by atoms with Crippen LogP contribution in [0.5, 0.6) is 0 Å². The second-order valence-electron chi connectivity index (χ2n) is 3.92. The molecule has 2 aromatic rings. The Bertz CT molecular complexity index is 609. The number of nitro groups is 1. The number of anilines is 1. The number of rotatable bonds is 5. The van der Waals surface area contributed by atoms with Crippen LogP contribution in [-0.2, 0) is 0 Å². The number of halogens is 1. The molecule has 0 radical (unpaired) electrons. The van der Waals surface area contributed by atoms with Crippen LogP contribution in [0.3, 0.4) is 0 Å². The van der Waals surface area contributed by atoms with E-state index in [2.05, 4.69) is 15.3 Å². The fraction of sp³-hybridized carbons (Fsp3) is 0.167. The molecule has 20 heavy (non-hydrogen) atoms. The molecule has 1 atom stereocenters. The Hall–Kier alpha value is -2.25. The lowest BCUT2D eigenvalue weighted by Crippen LogP contribution is -2.16. The molecule has 0 saturated carbocycles. The summed E-state index contributed by atoms with van der Waals surface area (Å²) in [5.41, 5.74) is 0.475. The smallest absolute Gasteiger partial charge is 0.329 e. The quantitative estimate of drug-likeness (QED) is 0.498. The minimum absolute atomic E-state index is 0.0297. The van der Waals surface area contributed by atoms with E-state index in [9.17, 15) is 15.2 Å². The zero-order valence-electron chi connectivity index (χ0n) is 10.2. The number of hydrogen-bond acceptors (Lipinski definition) is 6. The van der Waals surface area contributed by atoms with Crippen molar-refractivity contribution in [2.45, 2.75) is 6.04 Å². The minimum atomic E-state index is -0.613. The number of aromatic nitrogens is 2. The third-order valence-electron chi connectivity index (χ3n) is 2.63. The van der Waals surface area contributed by atoms with Crippen LogP contribution in [0.25, 0.3) is 0 Å². The van der Waals surface area contributed by atoms with Gasteiger partial charge in [-0.2, -0.15) is 4.98 Å². The Morgan fingerprint density at radius 1 is 1.40 bits per heavy atom. The van der Waals surface area contributed by atoms with E-state index in [-0.39, 0.29) is 23.4 Å². The number of hydrogen-bond donors (Lipinski definition) is 2. The molecule has 1 unspecified atom stereocenters. The molecule has 104 valence electrons. The summed E-state index contributed by atoms with van der Waals surface area (Å²) >= 11 is 5.65. The summed E-state index contributed by atoms with van der Waals surface area (Å²) in [7, 11) is 0. The molecule has 7 nitrogen and oxygen atoms in total. The van der Waals surface area contributed by atoms with Gasteiger partial charge in [-0.15, -0.1) is 0 Å². The third kappa shape index (κ3) is 3.19. The van der Waals surface area contributed by atoms with Gasteiger partial charge in [0.25, 0.3) is 0 Å². The van der Waals surface area contributed by atoms with E-state index in [4.69, 9.17) is 11.6 Å². The van der Waals surface area contributed by atoms with Gasteiger partial charge in [0, 0.05) is 0 Å². The molecule has 0 aliphatic carbocycles. The molecular weight excluding hydrogens is 284 g/mol. The molecule has 0 bridgehead atoms. The molecule has 2 N–H and O–H groups in total. The van der Waals surface area contributed by atoms with Gasteiger partial charge >= 0.3 is 5.69 Å². The van der Waals surface area contributed by atoms with Gasteiger partial charge in [-0.05, 0) is 17.2 Å². The van der Waals surface area contributed by atoms with Crippen molar-refractivity contribution in [1.29, 1.82) is 0 Å². The van der Waals surface area contributed by atoms with Crippen LogP contribution in [-0.4, -0.2) is 26.6 Å². The Labute approximate surface area is 119 Å². The fourth-order valence-electron chi connectivity index (χ4n) is 1.68. The van der Waals surface area contributed by atoms with Gasteiger partial charge in [-0.1, -0.05) is 30.3 Å². The van der Waals surface area contributed by atoms with E-state index in [0.29, 0.717) is 0 Å². The average Bonchev–Trinajstić information content (AvgIpc) is 2.45. The maximum atomic E-state index is 10.9. The zero-order valence-corrected chi connectivity index (χ0v) is 11.0. The van der Waals surface area contributed by atoms with Crippen molar-refractivity contribution < 1.29 is 10.0 Å². The van der Waals surface area contributed by atoms with Crippen molar-refractivity contribution >= 4 is 23.1 Å². The molecule has 0 aliphatic rings. The number of aliphatic hydroxyl groups excluding tert-OH is 1. The Morgan fingerprint density at radius 2 is 2.10 bits per heavy atom. The van der Waals surface area contributed by atoms with E-state index in [1.54, 1.807) is 24.3 Å². The molecule has 0 aliphatic heterocycles. The predicted molar refractivity (Wildman–Crippen MR) is 73.6 cm³/mol. The Balaban J connectivity index is 2.32. The highest BCUT2D eigenvalue weighted by molar-refractivity contribution is 6.28. The highest BCUT2D eigenvalue weighted by atomic mass is 35.5. The lowest BCUT2D eigenvalue weighted by molar-refractivity contribution is -0.384. The van der Waals surface area contributed by atoms with E-state index in [1.165, 1.54) is 0 Å². The molecule has 1 aromatic carbocycles. The Morgan fingerprint density at radius 3 is 2.70 bits per heavy atom. The van der Waals surface area contributed by atoms with Gasteiger partial charge in [0.05, 0.1) is 17.6 Å². The first-order valence-electron chi connectivity index (χ1n) is 5.71. The standard InChI is InChI=1S/C12H11ClN4O3/c13-12-14-6-10(17(19)20)11(16-12)15-9(7-18)8-4-2-1-3-5-8/h1-6,9,18H,7H2,(H,14,15,16). The zero-order chi connectivity index (χ0) is 14.5. The molecule has 0 saturated heterocycles. The lowest BCUT2D eigenvalue weighted by atomic mass is 10.1. The average molecular weight is 295 g/mol. The first-order chi connectivity index (χ1) is 9.61. The van der Waals surface area contributed by atoms with Gasteiger partial charge in [0.15, 0.2) is 0 Å². The van der Waals surface area contributed by atoms with Gasteiger partial charge in [0.1, 0.15) is 6.20 Å². The summed E-state index contributed by atoms with van der Waals surface area (Å²) in [5, 5.41) is 23.1. The highest BCUT2D eigenvalue weighted by Gasteiger charge is 2.20. The first-order valence-corrected chi connectivity index (χ1v) is 6.09. The highest BCUT2D eigenvalue weighted by Crippen LogP contribution is 2.26. The molecule has 2 rings (SSSR count). The van der Waals surface area contributed by atoms with Crippen molar-refractivity contribution in [1.82, 2.24) is 9.97 Å². The van der Waals surface area contributed by atoms with Crippen molar-refractivity contribution in [3.63, 3.8) is 0 Å². The van der Waals surface area contributed by atoms with Gasteiger partial charge in [-0.25, -0.2) is 4.98 Å². The molecule has 0 fully saturated rings. The van der Waals surface area contributed by atoms with Gasteiger partial charge in [0.2, 0.25) is 11.1 Å². The second-order valence-corrected chi connectivity index (χ2v) is 4.26. The van der Waals surface area contributed by atoms with E-state index in [1.807, 2.05) is 6.07 Å². The topological polar surface area (TPSA) is 101 Å². The summed E-state index contributed by atoms with van der Waals surface area (Å²) in [6, 6.07) is 8.51. The molecule has 8 heteroatoms. The lowest BCUT2D eigenvalue weighted by Gasteiger charge is -2.17. The maximum Gasteiger partial charge on any atom is 0.329 e. The van der Waals surface area contributed by atoms with Crippen molar-refractivity contribution in [3.05, 3.63) is 57.5 Å². The SMILES string of the molecule is O=[N+]([O-])c1cnc(Cl)nc1NC(CO)c1ccccc1. The number of benzene rings is 1. The molecule has 0 spiro atoms. The van der Waals surface area contributed by atoms with Crippen LogP contribution in [0.4, 0.5) is 11.5 Å². The van der Waals surface area contributed by atoms with Crippen LogP contribution >= 0.6 is 11.6 Å². The summed E-state index contributed by atoms with van der Waals surface area (Å²) in [5.74, 6) is -0.0297. The maximum absolute atomic E-state index is 10.9. The summed E-state index contributed by atoms with van der Waals surface area (Å²) in [6.45, 7) is -0.247. The van der Waals surface area contributed by atoms with Crippen LogP contribution in [0.15, 0.2) is 36.5 Å². The number of nitrogens with one attached hydrogen (secondary N) is 1. The van der Waals surface area contributed by atoms with Gasteiger partial charge < -0.3 is 10.4 Å².